The molecule has 0 aromatic rings. The van der Waals surface area contributed by atoms with Crippen molar-refractivity contribution in [2.24, 2.45) is 5.92 Å². The van der Waals surface area contributed by atoms with Gasteiger partial charge in [-0.25, -0.2) is 5.48 Å². The Bertz CT molecular complexity index is 110. The zero-order valence-electron chi connectivity index (χ0n) is 5.05. The van der Waals surface area contributed by atoms with Gasteiger partial charge < -0.3 is 5.32 Å². The largest absolute Gasteiger partial charge is 0.316 e. The summed E-state index contributed by atoms with van der Waals surface area (Å²) in [6.45, 7) is 1.56. The molecule has 52 valence electrons. The van der Waals surface area contributed by atoms with E-state index in [2.05, 4.69) is 5.32 Å². The third-order valence-corrected chi connectivity index (χ3v) is 1.54. The molecule has 0 bridgehead atoms. The molecule has 1 aliphatic rings. The number of carbonyl (C=O) groups is 1. The lowest BCUT2D eigenvalue weighted by atomic mass is 10.1. The van der Waals surface area contributed by atoms with E-state index in [0.29, 0.717) is 6.54 Å². The molecule has 1 atom stereocenters. The molecule has 0 spiro atoms. The van der Waals surface area contributed by atoms with Gasteiger partial charge in [-0.2, -0.15) is 0 Å². The van der Waals surface area contributed by atoms with E-state index in [1.807, 2.05) is 0 Å². The van der Waals surface area contributed by atoms with E-state index in [9.17, 15) is 4.79 Å². The molecule has 4 heteroatoms. The summed E-state index contributed by atoms with van der Waals surface area (Å²) < 4.78 is 0. The summed E-state index contributed by atoms with van der Waals surface area (Å²) in [6.07, 6.45) is 0.826. The lowest BCUT2D eigenvalue weighted by Gasteiger charge is -2.02. The molecular formula is C5H10N2O2. The van der Waals surface area contributed by atoms with E-state index in [-0.39, 0.29) is 11.8 Å². The van der Waals surface area contributed by atoms with Crippen molar-refractivity contribution in [3.05, 3.63) is 0 Å². The standard InChI is InChI=1S/C5H10N2O2/c8-5(7-9)4-1-2-6-3-4/h4,6,9H,1-3H2,(H,7,8). The molecule has 1 amide bonds. The highest BCUT2D eigenvalue weighted by Crippen LogP contribution is 2.05. The van der Waals surface area contributed by atoms with Crippen molar-refractivity contribution in [3.63, 3.8) is 0 Å². The Morgan fingerprint density at radius 1 is 1.78 bits per heavy atom. The third-order valence-electron chi connectivity index (χ3n) is 1.54. The first kappa shape index (κ1) is 6.51. The van der Waals surface area contributed by atoms with E-state index in [4.69, 9.17) is 5.21 Å². The first-order valence-electron chi connectivity index (χ1n) is 2.99. The molecule has 1 heterocycles. The maximum absolute atomic E-state index is 10.6. The smallest absolute Gasteiger partial charge is 0.247 e. The molecule has 0 radical (unpaired) electrons. The Balaban J connectivity index is 2.32. The summed E-state index contributed by atoms with van der Waals surface area (Å²) in [5.74, 6) is -0.310. The summed E-state index contributed by atoms with van der Waals surface area (Å²) in [6, 6.07) is 0. The van der Waals surface area contributed by atoms with Crippen molar-refractivity contribution >= 4 is 5.91 Å². The zero-order valence-corrected chi connectivity index (χ0v) is 5.05. The van der Waals surface area contributed by atoms with Gasteiger partial charge in [-0.05, 0) is 13.0 Å². The molecule has 4 nitrogen and oxygen atoms in total. The number of hydrogen-bond donors (Lipinski definition) is 3. The Labute approximate surface area is 53.2 Å². The van der Waals surface area contributed by atoms with Crippen molar-refractivity contribution in [1.29, 1.82) is 0 Å². The van der Waals surface area contributed by atoms with Crippen LogP contribution in [0.2, 0.25) is 0 Å². The molecular weight excluding hydrogens is 120 g/mol. The molecule has 0 saturated carbocycles. The van der Waals surface area contributed by atoms with Crippen LogP contribution in [0.5, 0.6) is 0 Å². The van der Waals surface area contributed by atoms with Gasteiger partial charge in [0.1, 0.15) is 0 Å². The topological polar surface area (TPSA) is 61.4 Å². The van der Waals surface area contributed by atoms with Gasteiger partial charge in [-0.15, -0.1) is 0 Å². The molecule has 0 aromatic heterocycles. The van der Waals surface area contributed by atoms with Gasteiger partial charge >= 0.3 is 0 Å². The SMILES string of the molecule is O=C(NO)C1CCNC1. The predicted octanol–water partition coefficient (Wildman–Crippen LogP) is -0.899. The van der Waals surface area contributed by atoms with Crippen LogP contribution >= 0.6 is 0 Å². The number of amides is 1. The second kappa shape index (κ2) is 2.80. The Kier molecular flexibility index (Phi) is 2.02. The molecule has 0 aliphatic carbocycles. The summed E-state index contributed by atoms with van der Waals surface area (Å²) in [4.78, 5) is 10.6. The number of hydroxylamine groups is 1. The summed E-state index contributed by atoms with van der Waals surface area (Å²) in [5.41, 5.74) is 1.63. The van der Waals surface area contributed by atoms with E-state index in [1.54, 1.807) is 5.48 Å². The summed E-state index contributed by atoms with van der Waals surface area (Å²) in [7, 11) is 0. The Hall–Kier alpha value is -0.610. The van der Waals surface area contributed by atoms with Crippen LogP contribution in [0.4, 0.5) is 0 Å². The summed E-state index contributed by atoms with van der Waals surface area (Å²) >= 11 is 0. The summed E-state index contributed by atoms with van der Waals surface area (Å²) in [5, 5.41) is 11.2. The van der Waals surface area contributed by atoms with Gasteiger partial charge in [0.2, 0.25) is 5.91 Å². The van der Waals surface area contributed by atoms with Crippen LogP contribution in [-0.2, 0) is 4.79 Å². The van der Waals surface area contributed by atoms with Crippen LogP contribution in [-0.4, -0.2) is 24.2 Å². The van der Waals surface area contributed by atoms with Crippen LogP contribution in [0.1, 0.15) is 6.42 Å². The van der Waals surface area contributed by atoms with Crippen LogP contribution in [0, 0.1) is 5.92 Å². The van der Waals surface area contributed by atoms with E-state index < -0.39 is 0 Å². The van der Waals surface area contributed by atoms with E-state index in [1.165, 1.54) is 0 Å². The lowest BCUT2D eigenvalue weighted by molar-refractivity contribution is -0.132. The van der Waals surface area contributed by atoms with Gasteiger partial charge in [-0.3, -0.25) is 10.0 Å². The van der Waals surface area contributed by atoms with Crippen LogP contribution in [0.3, 0.4) is 0 Å². The predicted molar refractivity (Wildman–Crippen MR) is 30.9 cm³/mol. The highest BCUT2D eigenvalue weighted by atomic mass is 16.5. The number of hydrogen-bond acceptors (Lipinski definition) is 3. The number of carbonyl (C=O) groups excluding carboxylic acids is 1. The normalized spacial score (nSPS) is 26.1. The minimum Gasteiger partial charge on any atom is -0.316 e. The van der Waals surface area contributed by atoms with Crippen molar-refractivity contribution in [1.82, 2.24) is 10.8 Å². The second-order valence-electron chi connectivity index (χ2n) is 2.17. The van der Waals surface area contributed by atoms with Gasteiger partial charge in [0, 0.05) is 6.54 Å². The van der Waals surface area contributed by atoms with Gasteiger partial charge in [0.15, 0.2) is 0 Å². The number of rotatable bonds is 1. The molecule has 3 N–H and O–H groups in total. The van der Waals surface area contributed by atoms with Crippen molar-refractivity contribution in [2.75, 3.05) is 13.1 Å². The van der Waals surface area contributed by atoms with Crippen molar-refractivity contribution < 1.29 is 10.0 Å². The first-order valence-corrected chi connectivity index (χ1v) is 2.99. The zero-order chi connectivity index (χ0) is 6.69. The maximum atomic E-state index is 10.6. The number of nitrogens with one attached hydrogen (secondary N) is 2. The lowest BCUT2D eigenvalue weighted by Crippen LogP contribution is -2.29. The molecule has 1 fully saturated rings. The van der Waals surface area contributed by atoms with Gasteiger partial charge in [-0.1, -0.05) is 0 Å². The van der Waals surface area contributed by atoms with Crippen molar-refractivity contribution in [3.8, 4) is 0 Å². The second-order valence-corrected chi connectivity index (χ2v) is 2.17. The average Bonchev–Trinajstić information content (AvgIpc) is 2.37. The van der Waals surface area contributed by atoms with Crippen LogP contribution in [0.15, 0.2) is 0 Å². The fourth-order valence-corrected chi connectivity index (χ4v) is 0.970. The average molecular weight is 130 g/mol. The highest BCUT2D eigenvalue weighted by Gasteiger charge is 2.21. The highest BCUT2D eigenvalue weighted by molar-refractivity contribution is 5.77. The minimum atomic E-state index is -0.278. The van der Waals surface area contributed by atoms with Crippen LogP contribution < -0.4 is 10.8 Å². The molecule has 9 heavy (non-hydrogen) atoms. The Morgan fingerprint density at radius 2 is 2.56 bits per heavy atom. The minimum absolute atomic E-state index is 0.0324. The Morgan fingerprint density at radius 3 is 3.00 bits per heavy atom. The van der Waals surface area contributed by atoms with Crippen molar-refractivity contribution in [2.45, 2.75) is 6.42 Å². The van der Waals surface area contributed by atoms with Gasteiger partial charge in [0.05, 0.1) is 5.92 Å². The fourth-order valence-electron chi connectivity index (χ4n) is 0.970. The fraction of sp³-hybridized carbons (Fsp3) is 0.800. The maximum Gasteiger partial charge on any atom is 0.247 e. The monoisotopic (exact) mass is 130 g/mol. The first-order chi connectivity index (χ1) is 4.34. The molecule has 1 unspecified atom stereocenters. The third kappa shape index (κ3) is 1.40. The molecule has 1 saturated heterocycles. The van der Waals surface area contributed by atoms with Crippen LogP contribution in [0.25, 0.3) is 0 Å². The van der Waals surface area contributed by atoms with E-state index in [0.717, 1.165) is 13.0 Å². The molecule has 1 rings (SSSR count). The molecule has 1 aliphatic heterocycles. The molecule has 0 aromatic carbocycles. The van der Waals surface area contributed by atoms with E-state index >= 15 is 0 Å². The van der Waals surface area contributed by atoms with Gasteiger partial charge in [0.25, 0.3) is 0 Å². The quantitative estimate of drug-likeness (QED) is 0.318.